The second-order valence-corrected chi connectivity index (χ2v) is 11.8. The van der Waals surface area contributed by atoms with Crippen LogP contribution in [0.2, 0.25) is 5.02 Å². The molecule has 32 heavy (non-hydrogen) atoms. The predicted octanol–water partition coefficient (Wildman–Crippen LogP) is 4.06. The Kier molecular flexibility index (Phi) is 6.80. The van der Waals surface area contributed by atoms with E-state index < -0.39 is 36.4 Å². The van der Waals surface area contributed by atoms with Gasteiger partial charge in [-0.3, -0.25) is 19.3 Å². The number of hydrogen-bond donors (Lipinski definition) is 1. The van der Waals surface area contributed by atoms with Crippen molar-refractivity contribution in [2.75, 3.05) is 11.9 Å². The SMILES string of the molecule is Cc1cc(Br)c(Cl)cc1NC(=O)COC(=O)[C@H](C)N1C(=O)[C@@H]2[C@H]3C[C@@H]([C@H](Br)[C@@H]3Br)[C@@H]2C1=O. The molecule has 7 nitrogen and oxygen atoms in total. The van der Waals surface area contributed by atoms with Crippen molar-refractivity contribution in [1.29, 1.82) is 0 Å². The van der Waals surface area contributed by atoms with E-state index >= 15 is 0 Å². The highest BCUT2D eigenvalue weighted by Crippen LogP contribution is 2.60. The lowest BCUT2D eigenvalue weighted by Gasteiger charge is -2.28. The van der Waals surface area contributed by atoms with Gasteiger partial charge in [-0.15, -0.1) is 0 Å². The maximum absolute atomic E-state index is 13.0. The zero-order valence-electron chi connectivity index (χ0n) is 17.1. The van der Waals surface area contributed by atoms with Crippen LogP contribution in [0.5, 0.6) is 0 Å². The molecule has 11 heteroatoms. The summed E-state index contributed by atoms with van der Waals surface area (Å²) in [6.45, 7) is 2.71. The fraction of sp³-hybridized carbons (Fsp3) is 0.524. The van der Waals surface area contributed by atoms with Crippen LogP contribution in [0.1, 0.15) is 18.9 Å². The van der Waals surface area contributed by atoms with E-state index in [1.54, 1.807) is 19.1 Å². The van der Waals surface area contributed by atoms with Gasteiger partial charge in [0.25, 0.3) is 5.91 Å². The molecule has 2 bridgehead atoms. The number of hydrogen-bond acceptors (Lipinski definition) is 5. The van der Waals surface area contributed by atoms with Gasteiger partial charge < -0.3 is 10.1 Å². The van der Waals surface area contributed by atoms with E-state index in [-0.39, 0.29) is 33.3 Å². The monoisotopic (exact) mass is 652 g/mol. The van der Waals surface area contributed by atoms with Crippen LogP contribution in [-0.4, -0.2) is 50.9 Å². The lowest BCUT2D eigenvalue weighted by atomic mass is 9.81. The standard InChI is InChI=1S/C21H20Br3ClN2O5/c1-7-3-11(22)12(25)5-13(7)26-14(28)6-32-21(31)8(2)27-19(29)15-9-4-10(16(15)20(27)30)18(24)17(9)23/h3,5,8-10,15-18H,4,6H2,1-2H3,(H,26,28)/t8-,9+,10+,15-,16+,17-,18+/m0/s1. The number of carbonyl (C=O) groups excluding carboxylic acids is 4. The Morgan fingerprint density at radius 3 is 2.31 bits per heavy atom. The Labute approximate surface area is 215 Å². The van der Waals surface area contributed by atoms with Gasteiger partial charge in [-0.2, -0.15) is 0 Å². The Balaban J connectivity index is 1.37. The number of imide groups is 1. The highest BCUT2D eigenvalue weighted by molar-refractivity contribution is 9.12. The summed E-state index contributed by atoms with van der Waals surface area (Å²) in [5.74, 6) is -2.70. The lowest BCUT2D eigenvalue weighted by molar-refractivity contribution is -0.159. The molecule has 2 aliphatic carbocycles. The van der Waals surface area contributed by atoms with Crippen molar-refractivity contribution in [2.45, 2.75) is 36.0 Å². The van der Waals surface area contributed by atoms with E-state index in [1.807, 2.05) is 0 Å². The molecule has 0 radical (unpaired) electrons. The minimum atomic E-state index is -1.10. The number of alkyl halides is 2. The average Bonchev–Trinajstić information content (AvgIpc) is 3.34. The molecule has 1 heterocycles. The van der Waals surface area contributed by atoms with Crippen LogP contribution in [-0.2, 0) is 23.9 Å². The van der Waals surface area contributed by atoms with E-state index in [1.165, 1.54) is 6.92 Å². The first-order chi connectivity index (χ1) is 15.0. The number of fused-ring (bicyclic) bond motifs is 5. The molecule has 0 spiro atoms. The normalized spacial score (nSPS) is 31.6. The summed E-state index contributed by atoms with van der Waals surface area (Å²) in [7, 11) is 0. The molecule has 172 valence electrons. The number of halogens is 4. The van der Waals surface area contributed by atoms with Gasteiger partial charge >= 0.3 is 5.97 Å². The molecule has 2 saturated carbocycles. The number of esters is 1. The third-order valence-corrected chi connectivity index (χ3v) is 11.0. The van der Waals surface area contributed by atoms with Gasteiger partial charge in [0, 0.05) is 19.8 Å². The van der Waals surface area contributed by atoms with Crippen LogP contribution in [0.15, 0.2) is 16.6 Å². The minimum Gasteiger partial charge on any atom is -0.454 e. The Morgan fingerprint density at radius 1 is 1.19 bits per heavy atom. The number of likely N-dealkylation sites (tertiary alicyclic amines) is 1. The van der Waals surface area contributed by atoms with Crippen LogP contribution in [0, 0.1) is 30.6 Å². The molecule has 7 atom stereocenters. The quantitative estimate of drug-likeness (QED) is 0.294. The maximum Gasteiger partial charge on any atom is 0.329 e. The molecule has 1 aliphatic heterocycles. The minimum absolute atomic E-state index is 0.0609. The van der Waals surface area contributed by atoms with Crippen LogP contribution in [0.4, 0.5) is 5.69 Å². The van der Waals surface area contributed by atoms with Gasteiger partial charge in [0.2, 0.25) is 11.8 Å². The Morgan fingerprint density at radius 2 is 1.75 bits per heavy atom. The van der Waals surface area contributed by atoms with Crippen molar-refractivity contribution in [1.82, 2.24) is 4.90 Å². The first kappa shape index (κ1) is 24.2. The van der Waals surface area contributed by atoms with Gasteiger partial charge in [-0.1, -0.05) is 43.5 Å². The largest absolute Gasteiger partial charge is 0.454 e. The highest BCUT2D eigenvalue weighted by Gasteiger charge is 2.67. The van der Waals surface area contributed by atoms with E-state index in [0.717, 1.165) is 16.9 Å². The lowest BCUT2D eigenvalue weighted by Crippen LogP contribution is -2.45. The molecular weight excluding hydrogens is 635 g/mol. The molecule has 3 fully saturated rings. The highest BCUT2D eigenvalue weighted by atomic mass is 79.9. The van der Waals surface area contributed by atoms with E-state index in [9.17, 15) is 19.2 Å². The average molecular weight is 656 g/mol. The summed E-state index contributed by atoms with van der Waals surface area (Å²) in [4.78, 5) is 52.2. The maximum atomic E-state index is 13.0. The fourth-order valence-corrected chi connectivity index (χ4v) is 7.58. The Hall–Kier alpha value is -0.970. The second-order valence-electron chi connectivity index (χ2n) is 8.46. The summed E-state index contributed by atoms with van der Waals surface area (Å²) in [5.41, 5.74) is 1.27. The fourth-order valence-electron chi connectivity index (χ4n) is 5.08. The smallest absolute Gasteiger partial charge is 0.329 e. The predicted molar refractivity (Wildman–Crippen MR) is 129 cm³/mol. The van der Waals surface area contributed by atoms with Gasteiger partial charge in [-0.05, 0) is 65.7 Å². The van der Waals surface area contributed by atoms with E-state index in [0.29, 0.717) is 15.2 Å². The van der Waals surface area contributed by atoms with Gasteiger partial charge in [0.1, 0.15) is 6.04 Å². The number of rotatable bonds is 5. The molecule has 4 rings (SSSR count). The van der Waals surface area contributed by atoms with Crippen LogP contribution >= 0.6 is 59.4 Å². The van der Waals surface area contributed by atoms with Crippen molar-refractivity contribution < 1.29 is 23.9 Å². The van der Waals surface area contributed by atoms with Crippen molar-refractivity contribution in [3.8, 4) is 0 Å². The molecule has 1 saturated heterocycles. The first-order valence-corrected chi connectivity index (χ1v) is 13.1. The van der Waals surface area contributed by atoms with Gasteiger partial charge in [0.15, 0.2) is 6.61 Å². The topological polar surface area (TPSA) is 92.8 Å². The number of benzene rings is 1. The number of ether oxygens (including phenoxy) is 1. The zero-order chi connectivity index (χ0) is 23.5. The van der Waals surface area contributed by atoms with Crippen molar-refractivity contribution in [3.05, 3.63) is 27.2 Å². The van der Waals surface area contributed by atoms with Crippen LogP contribution < -0.4 is 5.32 Å². The molecule has 1 aromatic rings. The molecule has 1 aromatic carbocycles. The number of nitrogens with zero attached hydrogens (tertiary/aromatic N) is 1. The number of aryl methyl sites for hydroxylation is 1. The van der Waals surface area contributed by atoms with Crippen LogP contribution in [0.25, 0.3) is 0 Å². The number of nitrogens with one attached hydrogen (secondary N) is 1. The summed E-state index contributed by atoms with van der Waals surface area (Å²) >= 11 is 16.6. The summed E-state index contributed by atoms with van der Waals surface area (Å²) in [6.07, 6.45) is 0.810. The van der Waals surface area contributed by atoms with Gasteiger partial charge in [0.05, 0.1) is 16.9 Å². The molecule has 1 N–H and O–H groups in total. The summed E-state index contributed by atoms with van der Waals surface area (Å²) < 4.78 is 5.82. The van der Waals surface area contributed by atoms with Crippen molar-refractivity contribution in [3.63, 3.8) is 0 Å². The van der Waals surface area contributed by atoms with E-state index in [4.69, 9.17) is 16.3 Å². The first-order valence-electron chi connectivity index (χ1n) is 10.1. The third-order valence-electron chi connectivity index (χ3n) is 6.64. The summed E-state index contributed by atoms with van der Waals surface area (Å²) in [5, 5.41) is 3.07. The summed E-state index contributed by atoms with van der Waals surface area (Å²) in [6, 6.07) is 2.25. The van der Waals surface area contributed by atoms with Crippen LogP contribution in [0.3, 0.4) is 0 Å². The molecular formula is C21H20Br3ClN2O5. The van der Waals surface area contributed by atoms with Gasteiger partial charge in [-0.25, -0.2) is 4.79 Å². The van der Waals surface area contributed by atoms with Crippen molar-refractivity contribution in [2.24, 2.45) is 23.7 Å². The number of carbonyl (C=O) groups is 4. The molecule has 0 unspecified atom stereocenters. The molecule has 3 aliphatic rings. The number of anilines is 1. The zero-order valence-corrected chi connectivity index (χ0v) is 22.6. The third kappa shape index (κ3) is 3.95. The molecule has 0 aromatic heterocycles. The van der Waals surface area contributed by atoms with Crippen molar-refractivity contribution >= 4 is 88.8 Å². The number of amides is 3. The molecule has 3 amide bonds. The Bertz CT molecular complexity index is 989. The van der Waals surface area contributed by atoms with E-state index in [2.05, 4.69) is 53.1 Å². The second kappa shape index (κ2) is 9.00.